The van der Waals surface area contributed by atoms with Crippen LogP contribution in [0, 0.1) is 0 Å². The molecule has 0 saturated heterocycles. The average Bonchev–Trinajstić information content (AvgIpc) is 2.50. The average molecular weight is 284 g/mol. The van der Waals surface area contributed by atoms with Crippen LogP contribution >= 0.6 is 0 Å². The normalized spacial score (nSPS) is 11.2. The molecule has 0 atom stereocenters. The maximum atomic E-state index is 11.6. The fraction of sp³-hybridized carbons (Fsp3) is 0.500. The number of benzene rings is 1. The number of carbonyl (C=O) groups is 1. The van der Waals surface area contributed by atoms with Gasteiger partial charge in [-0.2, -0.15) is 0 Å². The van der Waals surface area contributed by atoms with Gasteiger partial charge in [0, 0.05) is 39.6 Å². The Kier molecular flexibility index (Phi) is 6.60. The van der Waals surface area contributed by atoms with Gasteiger partial charge < -0.3 is 23.7 Å². The van der Waals surface area contributed by atoms with Gasteiger partial charge in [-0.3, -0.25) is 0 Å². The van der Waals surface area contributed by atoms with E-state index in [4.69, 9.17) is 23.7 Å². The molecule has 0 aliphatic carbocycles. The Morgan fingerprint density at radius 1 is 0.850 bits per heavy atom. The first-order chi connectivity index (χ1) is 9.62. The molecular weight excluding hydrogens is 264 g/mol. The first-order valence-corrected chi connectivity index (χ1v) is 5.96. The predicted octanol–water partition coefficient (Wildman–Crippen LogP) is 2.06. The van der Waals surface area contributed by atoms with Crippen molar-refractivity contribution in [2.45, 2.75) is 12.6 Å². The summed E-state index contributed by atoms with van der Waals surface area (Å²) in [7, 11) is 7.41. The van der Waals surface area contributed by atoms with Gasteiger partial charge in [0.2, 0.25) is 0 Å². The fourth-order valence-electron chi connectivity index (χ4n) is 1.94. The van der Waals surface area contributed by atoms with Gasteiger partial charge in [-0.1, -0.05) is 6.07 Å². The molecule has 0 bridgehead atoms. The van der Waals surface area contributed by atoms with Crippen LogP contribution in [0.5, 0.6) is 0 Å². The Bertz CT molecular complexity index is 437. The fourth-order valence-corrected chi connectivity index (χ4v) is 1.94. The summed E-state index contributed by atoms with van der Waals surface area (Å²) in [4.78, 5) is 11.6. The minimum atomic E-state index is -0.637. The molecule has 1 rings (SSSR count). The molecule has 0 radical (unpaired) electrons. The van der Waals surface area contributed by atoms with Gasteiger partial charge in [-0.05, 0) is 12.1 Å². The topological polar surface area (TPSA) is 63.2 Å². The van der Waals surface area contributed by atoms with Crippen LogP contribution in [0.15, 0.2) is 18.2 Å². The van der Waals surface area contributed by atoms with E-state index >= 15 is 0 Å². The van der Waals surface area contributed by atoms with Gasteiger partial charge in [-0.25, -0.2) is 4.79 Å². The van der Waals surface area contributed by atoms with Gasteiger partial charge in [0.15, 0.2) is 12.6 Å². The molecular formula is C14H20O6. The van der Waals surface area contributed by atoms with E-state index in [1.54, 1.807) is 18.2 Å². The molecule has 1 aromatic rings. The van der Waals surface area contributed by atoms with Crippen LogP contribution in [0.25, 0.3) is 0 Å². The quantitative estimate of drug-likeness (QED) is 0.564. The van der Waals surface area contributed by atoms with E-state index < -0.39 is 18.5 Å². The van der Waals surface area contributed by atoms with Crippen molar-refractivity contribution in [2.75, 3.05) is 35.5 Å². The van der Waals surface area contributed by atoms with Gasteiger partial charge in [0.05, 0.1) is 12.7 Å². The molecule has 0 saturated carbocycles. The van der Waals surface area contributed by atoms with Crippen LogP contribution in [0.2, 0.25) is 0 Å². The minimum Gasteiger partial charge on any atom is -0.465 e. The third-order valence-corrected chi connectivity index (χ3v) is 2.87. The third kappa shape index (κ3) is 3.55. The summed E-state index contributed by atoms with van der Waals surface area (Å²) in [6, 6.07) is 5.01. The molecule has 0 spiro atoms. The Morgan fingerprint density at radius 3 is 1.80 bits per heavy atom. The van der Waals surface area contributed by atoms with Crippen molar-refractivity contribution in [3.63, 3.8) is 0 Å². The summed E-state index contributed by atoms with van der Waals surface area (Å²) in [5.74, 6) is -0.435. The third-order valence-electron chi connectivity index (χ3n) is 2.87. The van der Waals surface area contributed by atoms with E-state index in [0.29, 0.717) is 11.1 Å². The molecule has 0 N–H and O–H groups in total. The molecule has 0 fully saturated rings. The van der Waals surface area contributed by atoms with Crippen molar-refractivity contribution in [2.24, 2.45) is 0 Å². The van der Waals surface area contributed by atoms with Crippen LogP contribution in [0.3, 0.4) is 0 Å². The van der Waals surface area contributed by atoms with Gasteiger partial charge in [0.25, 0.3) is 0 Å². The lowest BCUT2D eigenvalue weighted by atomic mass is 10.0. The number of carbonyl (C=O) groups excluding carboxylic acids is 1. The molecule has 0 aliphatic heterocycles. The van der Waals surface area contributed by atoms with Crippen LogP contribution in [-0.4, -0.2) is 41.5 Å². The Balaban J connectivity index is 3.32. The van der Waals surface area contributed by atoms with Crippen molar-refractivity contribution in [1.29, 1.82) is 0 Å². The maximum absolute atomic E-state index is 11.6. The molecule has 6 nitrogen and oxygen atoms in total. The Labute approximate surface area is 118 Å². The molecule has 1 aromatic carbocycles. The second-order valence-corrected chi connectivity index (χ2v) is 3.94. The summed E-state index contributed by atoms with van der Waals surface area (Å²) >= 11 is 0. The van der Waals surface area contributed by atoms with Crippen molar-refractivity contribution in [3.05, 3.63) is 34.9 Å². The lowest BCUT2D eigenvalue weighted by Gasteiger charge is -2.22. The van der Waals surface area contributed by atoms with E-state index in [9.17, 15) is 4.79 Å². The maximum Gasteiger partial charge on any atom is 0.337 e. The summed E-state index contributed by atoms with van der Waals surface area (Å²) in [5.41, 5.74) is 1.76. The van der Waals surface area contributed by atoms with E-state index in [0.717, 1.165) is 5.56 Å². The first kappa shape index (κ1) is 16.6. The number of hydrogen-bond acceptors (Lipinski definition) is 6. The van der Waals surface area contributed by atoms with E-state index in [-0.39, 0.29) is 0 Å². The van der Waals surface area contributed by atoms with Crippen LogP contribution in [-0.2, 0) is 23.7 Å². The summed E-state index contributed by atoms with van der Waals surface area (Å²) < 4.78 is 25.7. The highest BCUT2D eigenvalue weighted by atomic mass is 16.7. The van der Waals surface area contributed by atoms with E-state index in [2.05, 4.69) is 0 Å². The standard InChI is InChI=1S/C14H20O6/c1-16-12(15)9-6-7-10(13(17-2)18-3)11(8-9)14(19-4)20-5/h6-8,13-14H,1-5H3. The summed E-state index contributed by atoms with van der Waals surface area (Å²) in [6.45, 7) is 0. The molecule has 0 amide bonds. The van der Waals surface area contributed by atoms with Gasteiger partial charge in [0.1, 0.15) is 0 Å². The molecule has 0 aromatic heterocycles. The number of hydrogen-bond donors (Lipinski definition) is 0. The van der Waals surface area contributed by atoms with Crippen molar-refractivity contribution < 1.29 is 28.5 Å². The zero-order valence-corrected chi connectivity index (χ0v) is 12.3. The number of methoxy groups -OCH3 is 5. The molecule has 6 heteroatoms. The minimum absolute atomic E-state index is 0.399. The molecule has 0 aliphatic rings. The molecule has 20 heavy (non-hydrogen) atoms. The van der Waals surface area contributed by atoms with Crippen LogP contribution < -0.4 is 0 Å². The zero-order valence-electron chi connectivity index (χ0n) is 12.3. The SMILES string of the molecule is COC(=O)c1ccc(C(OC)OC)c(C(OC)OC)c1. The molecule has 112 valence electrons. The van der Waals surface area contributed by atoms with Gasteiger partial charge >= 0.3 is 5.97 Å². The second kappa shape index (κ2) is 7.96. The van der Waals surface area contributed by atoms with Crippen LogP contribution in [0.1, 0.15) is 34.1 Å². The highest BCUT2D eigenvalue weighted by Gasteiger charge is 2.22. The monoisotopic (exact) mass is 284 g/mol. The number of ether oxygens (including phenoxy) is 5. The first-order valence-electron chi connectivity index (χ1n) is 5.96. The van der Waals surface area contributed by atoms with Gasteiger partial charge in [-0.15, -0.1) is 0 Å². The second-order valence-electron chi connectivity index (χ2n) is 3.94. The largest absolute Gasteiger partial charge is 0.465 e. The summed E-state index contributed by atoms with van der Waals surface area (Å²) in [5, 5.41) is 0. The lowest BCUT2D eigenvalue weighted by molar-refractivity contribution is -0.123. The van der Waals surface area contributed by atoms with Crippen LogP contribution in [0.4, 0.5) is 0 Å². The van der Waals surface area contributed by atoms with Crippen molar-refractivity contribution in [1.82, 2.24) is 0 Å². The van der Waals surface area contributed by atoms with E-state index in [1.807, 2.05) is 0 Å². The zero-order chi connectivity index (χ0) is 15.1. The summed E-state index contributed by atoms with van der Waals surface area (Å²) in [6.07, 6.45) is -1.22. The van der Waals surface area contributed by atoms with Crippen molar-refractivity contribution >= 4 is 5.97 Å². The Morgan fingerprint density at radius 2 is 1.35 bits per heavy atom. The highest BCUT2D eigenvalue weighted by molar-refractivity contribution is 5.89. The predicted molar refractivity (Wildman–Crippen MR) is 71.3 cm³/mol. The smallest absolute Gasteiger partial charge is 0.337 e. The Hall–Kier alpha value is -1.47. The molecule has 0 unspecified atom stereocenters. The lowest BCUT2D eigenvalue weighted by Crippen LogP contribution is -2.14. The highest BCUT2D eigenvalue weighted by Crippen LogP contribution is 2.29. The van der Waals surface area contributed by atoms with E-state index in [1.165, 1.54) is 35.5 Å². The van der Waals surface area contributed by atoms with Crippen molar-refractivity contribution in [3.8, 4) is 0 Å². The number of rotatable bonds is 7. The number of esters is 1. The molecule has 0 heterocycles.